The van der Waals surface area contributed by atoms with Crippen LogP contribution in [0.15, 0.2) is 36.4 Å². The molecule has 87 heavy (non-hydrogen) atoms. The zero-order chi connectivity index (χ0) is 61.9. The maximum absolute atomic E-state index is 6.82. The van der Waals surface area contributed by atoms with Crippen LogP contribution in [0.2, 0.25) is 0 Å². The van der Waals surface area contributed by atoms with Crippen molar-refractivity contribution in [3.63, 3.8) is 0 Å². The Morgan fingerprint density at radius 1 is 0.195 bits per heavy atom. The summed E-state index contributed by atoms with van der Waals surface area (Å²) in [6.45, 7) is 9.28. The number of rotatable bonds is 72. The van der Waals surface area contributed by atoms with Crippen molar-refractivity contribution >= 4 is 9.03 Å². The Morgan fingerprint density at radius 2 is 0.356 bits per heavy atom. The van der Waals surface area contributed by atoms with E-state index >= 15 is 0 Å². The molecule has 0 amide bonds. The SMILES string of the molecule is CCCCCCCCCCCCCCCCCCc1cccc(OPOc2cccc(CCCCCCCCCCCCCCCCCC)c2CCCCCCCCCCCCCCCCCC)c1CCCCCCCCCCCCCCCCCC. The molecule has 0 fully saturated rings. The van der Waals surface area contributed by atoms with Crippen molar-refractivity contribution in [1.29, 1.82) is 0 Å². The van der Waals surface area contributed by atoms with E-state index in [-0.39, 0.29) is 9.03 Å². The van der Waals surface area contributed by atoms with Gasteiger partial charge in [0.2, 0.25) is 0 Å². The molecular formula is C84H155O2P. The van der Waals surface area contributed by atoms with Crippen molar-refractivity contribution in [2.45, 2.75) is 464 Å². The maximum Gasteiger partial charge on any atom is 0.275 e. The fourth-order valence-electron chi connectivity index (χ4n) is 14.0. The molecule has 0 atom stereocenters. The Balaban J connectivity index is 1.95. The summed E-state index contributed by atoms with van der Waals surface area (Å²) in [5.74, 6) is 2.18. The molecule has 0 aliphatic rings. The van der Waals surface area contributed by atoms with E-state index in [0.29, 0.717) is 0 Å². The average Bonchev–Trinajstić information content (AvgIpc) is 3.07. The third-order valence-electron chi connectivity index (χ3n) is 19.9. The van der Waals surface area contributed by atoms with Crippen LogP contribution in [-0.2, 0) is 25.7 Å². The molecule has 0 saturated heterocycles. The molecule has 2 rings (SSSR count). The molecule has 3 heteroatoms. The predicted molar refractivity (Wildman–Crippen MR) is 395 cm³/mol. The summed E-state index contributed by atoms with van der Waals surface area (Å²) in [4.78, 5) is 0. The molecule has 0 heterocycles. The Hall–Kier alpha value is -1.53. The third-order valence-corrected chi connectivity index (χ3v) is 20.5. The Labute approximate surface area is 549 Å². The lowest BCUT2D eigenvalue weighted by Gasteiger charge is -2.18. The van der Waals surface area contributed by atoms with E-state index < -0.39 is 0 Å². The number of unbranched alkanes of at least 4 members (excludes halogenated alkanes) is 60. The zero-order valence-electron chi connectivity index (χ0n) is 59.9. The number of aryl methyl sites for hydroxylation is 2. The van der Waals surface area contributed by atoms with Gasteiger partial charge in [0.25, 0.3) is 9.03 Å². The highest BCUT2D eigenvalue weighted by molar-refractivity contribution is 7.27. The molecule has 0 spiro atoms. The quantitative estimate of drug-likeness (QED) is 0.0485. The van der Waals surface area contributed by atoms with Gasteiger partial charge in [-0.3, -0.25) is 0 Å². The van der Waals surface area contributed by atoms with E-state index in [2.05, 4.69) is 64.1 Å². The van der Waals surface area contributed by atoms with Gasteiger partial charge in [0.05, 0.1) is 0 Å². The minimum Gasteiger partial charge on any atom is -0.440 e. The molecule has 0 unspecified atom stereocenters. The summed E-state index contributed by atoms with van der Waals surface area (Å²) in [6, 6.07) is 13.9. The highest BCUT2D eigenvalue weighted by Gasteiger charge is 2.14. The molecule has 2 aromatic rings. The van der Waals surface area contributed by atoms with Crippen molar-refractivity contribution < 1.29 is 9.05 Å². The van der Waals surface area contributed by atoms with Crippen molar-refractivity contribution in [2.24, 2.45) is 0 Å². The molecule has 0 aliphatic heterocycles. The molecule has 2 nitrogen and oxygen atoms in total. The Bertz CT molecular complexity index is 1530. The van der Waals surface area contributed by atoms with Gasteiger partial charge in [-0.1, -0.05) is 437 Å². The topological polar surface area (TPSA) is 18.5 Å². The van der Waals surface area contributed by atoms with Gasteiger partial charge in [0, 0.05) is 0 Å². The number of hydrogen-bond donors (Lipinski definition) is 0. The lowest BCUT2D eigenvalue weighted by atomic mass is 9.95. The van der Waals surface area contributed by atoms with Gasteiger partial charge in [-0.2, -0.15) is 0 Å². The summed E-state index contributed by atoms with van der Waals surface area (Å²) in [7, 11) is -0.0187. The van der Waals surface area contributed by atoms with Crippen LogP contribution in [0.25, 0.3) is 0 Å². The van der Waals surface area contributed by atoms with Crippen molar-refractivity contribution in [2.75, 3.05) is 0 Å². The lowest BCUT2D eigenvalue weighted by molar-refractivity contribution is 0.500. The van der Waals surface area contributed by atoms with Crippen molar-refractivity contribution in [3.8, 4) is 11.5 Å². The van der Waals surface area contributed by atoms with Gasteiger partial charge in [0.1, 0.15) is 11.5 Å². The lowest BCUT2D eigenvalue weighted by Crippen LogP contribution is -2.01. The molecular weight excluding hydrogens is 1070 g/mol. The minimum absolute atomic E-state index is 0.0187. The molecule has 0 radical (unpaired) electrons. The van der Waals surface area contributed by atoms with Gasteiger partial charge in [-0.05, 0) is 85.8 Å². The molecule has 0 bridgehead atoms. The average molecular weight is 1230 g/mol. The second-order valence-electron chi connectivity index (χ2n) is 28.3. The van der Waals surface area contributed by atoms with Gasteiger partial charge in [-0.15, -0.1) is 0 Å². The fraction of sp³-hybridized carbons (Fsp3) is 0.857. The largest absolute Gasteiger partial charge is 0.440 e. The van der Waals surface area contributed by atoms with Crippen LogP contribution in [0.4, 0.5) is 0 Å². The number of benzene rings is 2. The minimum atomic E-state index is -0.0187. The van der Waals surface area contributed by atoms with Gasteiger partial charge in [0.15, 0.2) is 0 Å². The van der Waals surface area contributed by atoms with E-state index in [0.717, 1.165) is 24.3 Å². The van der Waals surface area contributed by atoms with Crippen LogP contribution >= 0.6 is 9.03 Å². The molecule has 2 aromatic carbocycles. The van der Waals surface area contributed by atoms with Gasteiger partial charge < -0.3 is 9.05 Å². The number of hydrogen-bond acceptors (Lipinski definition) is 2. The molecule has 0 saturated carbocycles. The van der Waals surface area contributed by atoms with Crippen LogP contribution in [0.3, 0.4) is 0 Å². The van der Waals surface area contributed by atoms with Gasteiger partial charge >= 0.3 is 0 Å². The van der Waals surface area contributed by atoms with E-state index in [1.54, 1.807) is 0 Å². The zero-order valence-corrected chi connectivity index (χ0v) is 60.9. The first-order chi connectivity index (χ1) is 43.2. The van der Waals surface area contributed by atoms with Crippen LogP contribution in [0, 0.1) is 0 Å². The van der Waals surface area contributed by atoms with E-state index in [9.17, 15) is 0 Å². The van der Waals surface area contributed by atoms with Crippen LogP contribution < -0.4 is 9.05 Å². The first-order valence-corrected chi connectivity index (χ1v) is 41.4. The highest BCUT2D eigenvalue weighted by Crippen LogP contribution is 2.35. The molecule has 508 valence electrons. The highest BCUT2D eigenvalue weighted by atomic mass is 31.1. The van der Waals surface area contributed by atoms with Crippen LogP contribution in [0.5, 0.6) is 11.5 Å². The van der Waals surface area contributed by atoms with E-state index in [4.69, 9.17) is 9.05 Å². The summed E-state index contributed by atoms with van der Waals surface area (Å²) in [6.07, 6.45) is 95.3. The monoisotopic (exact) mass is 1230 g/mol. The van der Waals surface area contributed by atoms with Crippen LogP contribution in [-0.4, -0.2) is 0 Å². The fourth-order valence-corrected chi connectivity index (χ4v) is 14.6. The third kappa shape index (κ3) is 52.6. The van der Waals surface area contributed by atoms with E-state index in [1.807, 2.05) is 0 Å². The van der Waals surface area contributed by atoms with E-state index in [1.165, 1.54) is 446 Å². The second-order valence-corrected chi connectivity index (χ2v) is 28.9. The Kier molecular flexibility index (Phi) is 63.2. The first kappa shape index (κ1) is 81.6. The Morgan fingerprint density at radius 3 is 0.540 bits per heavy atom. The van der Waals surface area contributed by atoms with Crippen LogP contribution in [0.1, 0.15) is 461 Å². The van der Waals surface area contributed by atoms with Gasteiger partial charge in [-0.25, -0.2) is 0 Å². The standard InChI is InChI=1S/C84H155O2P/c1-5-9-13-17-21-25-29-33-37-41-45-49-53-57-61-65-71-79-73-69-77-83(81(79)75-67-63-59-55-51-47-43-39-35-31-27-23-19-15-11-7-3)85-87-86-84-78-70-74-80(72-66-62-58-54-50-46-42-38-34-30-26-22-18-14-10-6-2)82(84)76-68-64-60-56-52-48-44-40-36-32-28-24-20-16-12-8-4/h69-70,73-74,77-78,87H,5-68,71-72,75-76H2,1-4H3. The first-order valence-electron chi connectivity index (χ1n) is 40.5. The summed E-state index contributed by atoms with van der Waals surface area (Å²) >= 11 is 0. The molecule has 0 aromatic heterocycles. The maximum atomic E-state index is 6.82. The second kappa shape index (κ2) is 67.4. The summed E-state index contributed by atoms with van der Waals surface area (Å²) in [5.41, 5.74) is 6.03. The predicted octanol–water partition coefficient (Wildman–Crippen LogP) is 30.9. The summed E-state index contributed by atoms with van der Waals surface area (Å²) < 4.78 is 13.6. The summed E-state index contributed by atoms with van der Waals surface area (Å²) in [5, 5.41) is 0. The molecule has 0 aliphatic carbocycles. The molecule has 0 N–H and O–H groups in total. The van der Waals surface area contributed by atoms with Crippen molar-refractivity contribution in [1.82, 2.24) is 0 Å². The van der Waals surface area contributed by atoms with Crippen molar-refractivity contribution in [3.05, 3.63) is 58.7 Å². The normalized spacial score (nSPS) is 11.6. The smallest absolute Gasteiger partial charge is 0.275 e.